The van der Waals surface area contributed by atoms with Crippen molar-refractivity contribution in [1.82, 2.24) is 0 Å². The average Bonchev–Trinajstić information content (AvgIpc) is 4.23. The van der Waals surface area contributed by atoms with E-state index in [0.29, 0.717) is 11.8 Å². The van der Waals surface area contributed by atoms with Crippen LogP contribution in [0.1, 0.15) is 85.5 Å². The lowest BCUT2D eigenvalue weighted by Gasteiger charge is -2.30. The first-order valence-corrected chi connectivity index (χ1v) is 24.9. The van der Waals surface area contributed by atoms with Crippen molar-refractivity contribution < 1.29 is 8.83 Å². The predicted molar refractivity (Wildman–Crippen MR) is 286 cm³/mol. The summed E-state index contributed by atoms with van der Waals surface area (Å²) in [6, 6.07) is 63.5. The number of aryl methyl sites for hydroxylation is 2. The molecular weight excluding hydrogens is 829 g/mol. The number of hydrogen-bond donors (Lipinski definition) is 0. The van der Waals surface area contributed by atoms with Gasteiger partial charge in [-0.15, -0.1) is 0 Å². The number of fused-ring (bicyclic) bond motifs is 6. The lowest BCUT2D eigenvalue weighted by molar-refractivity contribution is 0.668. The minimum atomic E-state index is 0.634. The van der Waals surface area contributed by atoms with E-state index in [1.54, 1.807) is 0 Å². The number of furan rings is 2. The molecule has 4 nitrogen and oxygen atoms in total. The Morgan fingerprint density at radius 3 is 1.18 bits per heavy atom. The quantitative estimate of drug-likeness (QED) is 0.142. The lowest BCUT2D eigenvalue weighted by atomic mass is 9.91. The number of anilines is 6. The Hall–Kier alpha value is -7.56. The predicted octanol–water partition coefficient (Wildman–Crippen LogP) is 19.3. The van der Waals surface area contributed by atoms with Gasteiger partial charge in [0.1, 0.15) is 11.2 Å². The maximum Gasteiger partial charge on any atom is 0.159 e. The molecule has 2 aromatic heterocycles. The molecule has 0 bridgehead atoms. The second-order valence-electron chi connectivity index (χ2n) is 19.8. The molecule has 0 amide bonds. The fourth-order valence-corrected chi connectivity index (χ4v) is 12.5. The van der Waals surface area contributed by atoms with E-state index in [4.69, 9.17) is 8.83 Å². The third kappa shape index (κ3) is 6.06. The smallest absolute Gasteiger partial charge is 0.159 e. The Balaban J connectivity index is 1.02. The summed E-state index contributed by atoms with van der Waals surface area (Å²) in [6.07, 6.45) is 10.3. The normalized spacial score (nSPS) is 14.9. The van der Waals surface area contributed by atoms with Crippen LogP contribution in [0.15, 0.2) is 179 Å². The molecule has 0 N–H and O–H groups in total. The van der Waals surface area contributed by atoms with E-state index in [2.05, 4.69) is 194 Å². The maximum absolute atomic E-state index is 6.89. The van der Waals surface area contributed by atoms with Crippen LogP contribution in [0.3, 0.4) is 0 Å². The van der Waals surface area contributed by atoms with E-state index in [9.17, 15) is 0 Å². The highest BCUT2D eigenvalue weighted by molar-refractivity contribution is 6.29. The molecule has 0 aliphatic heterocycles. The Labute approximate surface area is 396 Å². The van der Waals surface area contributed by atoms with E-state index >= 15 is 0 Å². The summed E-state index contributed by atoms with van der Waals surface area (Å²) in [6.45, 7) is 4.45. The summed E-state index contributed by atoms with van der Waals surface area (Å²) in [5.74, 6) is 1.27. The van der Waals surface area contributed by atoms with Gasteiger partial charge in [0.2, 0.25) is 0 Å². The van der Waals surface area contributed by atoms with Crippen LogP contribution in [0.2, 0.25) is 0 Å². The van der Waals surface area contributed by atoms with E-state index < -0.39 is 0 Å². The first-order chi connectivity index (χ1) is 33.6. The summed E-state index contributed by atoms with van der Waals surface area (Å²) in [5, 5.41) is 11.9. The summed E-state index contributed by atoms with van der Waals surface area (Å²) >= 11 is 0. The van der Waals surface area contributed by atoms with Gasteiger partial charge in [-0.05, 0) is 144 Å². The minimum Gasteiger partial charge on any atom is -0.454 e. The van der Waals surface area contributed by atoms with Crippen LogP contribution in [0, 0.1) is 13.8 Å². The van der Waals surface area contributed by atoms with E-state index in [1.807, 2.05) is 0 Å². The number of hydrogen-bond acceptors (Lipinski definition) is 4. The fourth-order valence-electron chi connectivity index (χ4n) is 12.5. The molecule has 2 aliphatic carbocycles. The van der Waals surface area contributed by atoms with Crippen LogP contribution in [0.25, 0.3) is 76.2 Å². The van der Waals surface area contributed by atoms with Crippen molar-refractivity contribution >= 4 is 110 Å². The molecule has 2 fully saturated rings. The van der Waals surface area contributed by atoms with Gasteiger partial charge >= 0.3 is 0 Å². The summed E-state index contributed by atoms with van der Waals surface area (Å²) in [7, 11) is 0. The molecule has 0 unspecified atom stereocenters. The second-order valence-corrected chi connectivity index (χ2v) is 19.8. The van der Waals surface area contributed by atoms with E-state index in [-0.39, 0.29) is 0 Å². The molecule has 0 atom stereocenters. The van der Waals surface area contributed by atoms with Gasteiger partial charge in [0.25, 0.3) is 0 Å². The Kier molecular flexibility index (Phi) is 9.03. The number of nitrogens with zero attached hydrogens (tertiary/aromatic N) is 2. The average molecular weight is 881 g/mol. The zero-order valence-corrected chi connectivity index (χ0v) is 38.7. The molecule has 0 radical (unpaired) electrons. The standard InChI is InChI=1S/C64H52N2O2/c1-39-19-33-51-49-15-7-9-17-57(49)67-63(51)61(39)65(47-29-21-43(22-30-47)41-11-3-4-12-41)55-37-27-45-26-36-54-56(38-28-46-25-35-53(55)59(45)60(46)54)66(48-31-23-44(24-32-48)42-13-5-6-14-42)62-40(2)20-34-52-50-16-8-10-18-58(50)68-64(52)62/h7-10,15-38,41-42H,3-6,11-14H2,1-2H3. The highest BCUT2D eigenvalue weighted by Gasteiger charge is 2.28. The zero-order valence-electron chi connectivity index (χ0n) is 38.7. The lowest BCUT2D eigenvalue weighted by Crippen LogP contribution is -2.13. The van der Waals surface area contributed by atoms with Gasteiger partial charge in [-0.1, -0.05) is 147 Å². The zero-order chi connectivity index (χ0) is 45.0. The molecule has 2 aliphatic rings. The Bertz CT molecular complexity index is 3640. The third-order valence-corrected chi connectivity index (χ3v) is 15.9. The number of benzene rings is 10. The Morgan fingerprint density at radius 1 is 0.368 bits per heavy atom. The van der Waals surface area contributed by atoms with Crippen LogP contribution in [-0.4, -0.2) is 0 Å². The molecule has 10 aromatic carbocycles. The van der Waals surface area contributed by atoms with E-state index in [1.165, 1.54) is 94.8 Å². The summed E-state index contributed by atoms with van der Waals surface area (Å²) in [5.41, 5.74) is 15.5. The second kappa shape index (κ2) is 15.5. The van der Waals surface area contributed by atoms with Crippen molar-refractivity contribution in [3.8, 4) is 0 Å². The molecule has 330 valence electrons. The monoisotopic (exact) mass is 880 g/mol. The molecule has 2 heterocycles. The van der Waals surface area contributed by atoms with Crippen molar-refractivity contribution in [1.29, 1.82) is 0 Å². The fraction of sp³-hybridized carbons (Fsp3) is 0.188. The van der Waals surface area contributed by atoms with Crippen LogP contribution in [-0.2, 0) is 0 Å². The summed E-state index contributed by atoms with van der Waals surface area (Å²) < 4.78 is 13.8. The number of para-hydroxylation sites is 2. The first kappa shape index (κ1) is 39.6. The molecule has 2 saturated carbocycles. The van der Waals surface area contributed by atoms with Gasteiger partial charge in [0.05, 0.1) is 22.7 Å². The van der Waals surface area contributed by atoms with Crippen LogP contribution >= 0.6 is 0 Å². The molecule has 68 heavy (non-hydrogen) atoms. The van der Waals surface area contributed by atoms with Gasteiger partial charge in [-0.25, -0.2) is 0 Å². The highest BCUT2D eigenvalue weighted by atomic mass is 16.3. The number of rotatable bonds is 8. The molecule has 0 spiro atoms. The first-order valence-electron chi connectivity index (χ1n) is 24.9. The van der Waals surface area contributed by atoms with Gasteiger partial charge in [-0.3, -0.25) is 0 Å². The topological polar surface area (TPSA) is 32.8 Å². The van der Waals surface area contributed by atoms with Crippen molar-refractivity contribution in [2.75, 3.05) is 9.80 Å². The van der Waals surface area contributed by atoms with Crippen LogP contribution < -0.4 is 9.80 Å². The largest absolute Gasteiger partial charge is 0.454 e. The van der Waals surface area contributed by atoms with Crippen molar-refractivity contribution in [2.45, 2.75) is 77.0 Å². The summed E-state index contributed by atoms with van der Waals surface area (Å²) in [4.78, 5) is 4.96. The van der Waals surface area contributed by atoms with E-state index in [0.717, 1.165) is 89.1 Å². The van der Waals surface area contributed by atoms with Gasteiger partial charge < -0.3 is 18.6 Å². The van der Waals surface area contributed by atoms with Crippen molar-refractivity contribution in [3.05, 3.63) is 192 Å². The maximum atomic E-state index is 6.89. The SMILES string of the molecule is Cc1ccc2c(oc3ccccc32)c1N(c1ccc(C2CCCC2)cc1)c1ccc2ccc3c(N(c4ccc(C5CCCC5)cc4)c4c(C)ccc5c4oc4ccccc45)ccc4ccc1c2c43. The van der Waals surface area contributed by atoms with Gasteiger partial charge in [0, 0.05) is 43.7 Å². The van der Waals surface area contributed by atoms with Crippen molar-refractivity contribution in [3.63, 3.8) is 0 Å². The Morgan fingerprint density at radius 2 is 0.750 bits per heavy atom. The van der Waals surface area contributed by atoms with Crippen LogP contribution in [0.5, 0.6) is 0 Å². The van der Waals surface area contributed by atoms with Gasteiger partial charge in [0.15, 0.2) is 11.2 Å². The third-order valence-electron chi connectivity index (χ3n) is 15.9. The van der Waals surface area contributed by atoms with Crippen LogP contribution in [0.4, 0.5) is 34.1 Å². The molecule has 12 aromatic rings. The molecular formula is C64H52N2O2. The minimum absolute atomic E-state index is 0.634. The molecule has 14 rings (SSSR count). The molecule has 0 saturated heterocycles. The highest BCUT2D eigenvalue weighted by Crippen LogP contribution is 2.52. The van der Waals surface area contributed by atoms with Gasteiger partial charge in [-0.2, -0.15) is 0 Å². The van der Waals surface area contributed by atoms with Crippen molar-refractivity contribution in [2.24, 2.45) is 0 Å². The molecule has 4 heteroatoms.